The SMILES string of the molecule is C[C@H](NC(=O)CN1CCOCC1)C(=O)N[C@@H](Cc1cccc(O)c1)C(=O)N[C@@H](CC1CCCC1)C(=O)[C@]1(C)CO1. The van der Waals surface area contributed by atoms with Gasteiger partial charge in [0, 0.05) is 19.5 Å². The minimum atomic E-state index is -1.03. The summed E-state index contributed by atoms with van der Waals surface area (Å²) in [4.78, 5) is 54.5. The second-order valence-electron chi connectivity index (χ2n) is 11.4. The smallest absolute Gasteiger partial charge is 0.243 e. The Bertz CT molecular complexity index is 1060. The summed E-state index contributed by atoms with van der Waals surface area (Å²) < 4.78 is 10.7. The molecule has 11 nitrogen and oxygen atoms in total. The fourth-order valence-electron chi connectivity index (χ4n) is 5.44. The van der Waals surface area contributed by atoms with Crippen LogP contribution >= 0.6 is 0 Å². The highest BCUT2D eigenvalue weighted by Gasteiger charge is 2.50. The number of carbonyl (C=O) groups excluding carboxylic acids is 4. The maximum atomic E-state index is 13.6. The van der Waals surface area contributed by atoms with Crippen LogP contribution in [0.15, 0.2) is 24.3 Å². The van der Waals surface area contributed by atoms with Gasteiger partial charge in [0.2, 0.25) is 17.7 Å². The molecule has 2 saturated heterocycles. The third-order valence-electron chi connectivity index (χ3n) is 8.00. The van der Waals surface area contributed by atoms with Gasteiger partial charge in [0.05, 0.1) is 32.4 Å². The predicted octanol–water partition coefficient (Wildman–Crippen LogP) is 0.680. The Labute approximate surface area is 235 Å². The van der Waals surface area contributed by atoms with Gasteiger partial charge < -0.3 is 30.5 Å². The molecule has 4 rings (SSSR count). The highest BCUT2D eigenvalue weighted by atomic mass is 16.6. The second-order valence-corrected chi connectivity index (χ2v) is 11.4. The maximum Gasteiger partial charge on any atom is 0.243 e. The molecule has 11 heteroatoms. The lowest BCUT2D eigenvalue weighted by Gasteiger charge is -2.27. The summed E-state index contributed by atoms with van der Waals surface area (Å²) in [5.41, 5.74) is -0.250. The molecule has 3 amide bonds. The molecule has 1 aromatic rings. The molecule has 0 unspecified atom stereocenters. The minimum Gasteiger partial charge on any atom is -0.508 e. The standard InChI is InChI=1S/C29H42N4O7/c1-19(30-25(35)17-33-10-12-39-13-11-33)27(37)32-24(16-21-8-5-9-22(34)14-21)28(38)31-23(15-20-6-3-4-7-20)26(36)29(2)18-40-29/h5,8-9,14,19-20,23-24,34H,3-4,6-7,10-13,15-18H2,1-2H3,(H,30,35)(H,31,38)(H,32,37)/t19-,23-,24-,29-/m0/s1. The van der Waals surface area contributed by atoms with Crippen LogP contribution in [0.3, 0.4) is 0 Å². The van der Waals surface area contributed by atoms with Crippen molar-refractivity contribution in [1.29, 1.82) is 0 Å². The number of Topliss-reactive ketones (excluding diaryl/α,β-unsaturated/α-hetero) is 1. The van der Waals surface area contributed by atoms with Gasteiger partial charge in [-0.15, -0.1) is 0 Å². The third kappa shape index (κ3) is 8.49. The van der Waals surface area contributed by atoms with Gasteiger partial charge in [-0.2, -0.15) is 0 Å². The summed E-state index contributed by atoms with van der Waals surface area (Å²) in [7, 11) is 0. The zero-order valence-electron chi connectivity index (χ0n) is 23.4. The molecule has 40 heavy (non-hydrogen) atoms. The van der Waals surface area contributed by atoms with E-state index < -0.39 is 35.5 Å². The highest BCUT2D eigenvalue weighted by molar-refractivity contribution is 5.98. The number of morpholine rings is 1. The molecule has 2 aliphatic heterocycles. The zero-order valence-corrected chi connectivity index (χ0v) is 23.4. The van der Waals surface area contributed by atoms with Crippen LogP contribution in [0, 0.1) is 5.92 Å². The van der Waals surface area contributed by atoms with Crippen LogP contribution in [0.25, 0.3) is 0 Å². The number of phenolic OH excluding ortho intramolecular Hbond substituents is 1. The van der Waals surface area contributed by atoms with E-state index in [-0.39, 0.29) is 30.4 Å². The molecular formula is C29H42N4O7. The Morgan fingerprint density at radius 1 is 1.05 bits per heavy atom. The number of carbonyl (C=O) groups is 4. The number of epoxide rings is 1. The number of benzene rings is 1. The number of phenols is 1. The first kappa shape index (κ1) is 30.0. The van der Waals surface area contributed by atoms with E-state index >= 15 is 0 Å². The van der Waals surface area contributed by atoms with Crippen molar-refractivity contribution in [2.75, 3.05) is 39.5 Å². The van der Waals surface area contributed by atoms with Crippen LogP contribution in [-0.4, -0.2) is 96.7 Å². The van der Waals surface area contributed by atoms with Gasteiger partial charge in [-0.3, -0.25) is 24.1 Å². The summed E-state index contributed by atoms with van der Waals surface area (Å²) in [6.45, 7) is 6.18. The average Bonchev–Trinajstić information content (AvgIpc) is 3.46. The molecule has 3 fully saturated rings. The number of hydrogen-bond donors (Lipinski definition) is 4. The van der Waals surface area contributed by atoms with Crippen molar-refractivity contribution in [3.05, 3.63) is 29.8 Å². The molecule has 4 N–H and O–H groups in total. The fourth-order valence-corrected chi connectivity index (χ4v) is 5.44. The minimum absolute atomic E-state index is 0.0415. The van der Waals surface area contributed by atoms with Crippen LogP contribution in [0.5, 0.6) is 5.75 Å². The predicted molar refractivity (Wildman–Crippen MR) is 146 cm³/mol. The van der Waals surface area contributed by atoms with E-state index in [4.69, 9.17) is 9.47 Å². The van der Waals surface area contributed by atoms with Crippen molar-refractivity contribution in [1.82, 2.24) is 20.9 Å². The number of hydrogen-bond acceptors (Lipinski definition) is 8. The topological polar surface area (TPSA) is 150 Å². The number of ether oxygens (including phenoxy) is 2. The average molecular weight is 559 g/mol. The fraction of sp³-hybridized carbons (Fsp3) is 0.655. The Balaban J connectivity index is 1.43. The third-order valence-corrected chi connectivity index (χ3v) is 8.00. The molecule has 220 valence electrons. The van der Waals surface area contributed by atoms with Gasteiger partial charge in [-0.25, -0.2) is 0 Å². The molecule has 2 heterocycles. The van der Waals surface area contributed by atoms with Gasteiger partial charge in [0.25, 0.3) is 0 Å². The number of rotatable bonds is 13. The van der Waals surface area contributed by atoms with E-state index in [0.29, 0.717) is 50.8 Å². The van der Waals surface area contributed by atoms with Crippen molar-refractivity contribution in [3.63, 3.8) is 0 Å². The van der Waals surface area contributed by atoms with Gasteiger partial charge in [-0.05, 0) is 43.9 Å². The first-order chi connectivity index (χ1) is 19.1. The first-order valence-electron chi connectivity index (χ1n) is 14.3. The second kappa shape index (κ2) is 13.6. The Morgan fingerprint density at radius 3 is 2.38 bits per heavy atom. The van der Waals surface area contributed by atoms with Crippen LogP contribution < -0.4 is 16.0 Å². The Kier molecular flexibility index (Phi) is 10.2. The normalized spacial score (nSPS) is 23.6. The number of ketones is 1. The van der Waals surface area contributed by atoms with Crippen LogP contribution in [0.4, 0.5) is 0 Å². The van der Waals surface area contributed by atoms with Crippen molar-refractivity contribution in [2.45, 2.75) is 76.1 Å². The molecule has 0 aromatic heterocycles. The molecule has 0 bridgehead atoms. The van der Waals surface area contributed by atoms with Gasteiger partial charge >= 0.3 is 0 Å². The molecule has 0 spiro atoms. The monoisotopic (exact) mass is 558 g/mol. The van der Waals surface area contributed by atoms with E-state index in [0.717, 1.165) is 25.7 Å². The van der Waals surface area contributed by atoms with E-state index in [1.807, 2.05) is 4.90 Å². The van der Waals surface area contributed by atoms with Crippen LogP contribution in [0.1, 0.15) is 51.5 Å². The van der Waals surface area contributed by atoms with Crippen molar-refractivity contribution < 1.29 is 33.8 Å². The summed E-state index contributed by atoms with van der Waals surface area (Å²) in [5, 5.41) is 18.3. The van der Waals surface area contributed by atoms with Gasteiger partial charge in [0.1, 0.15) is 23.4 Å². The Hall–Kier alpha value is -3.02. The molecular weight excluding hydrogens is 516 g/mol. The van der Waals surface area contributed by atoms with Crippen molar-refractivity contribution in [3.8, 4) is 5.75 Å². The summed E-state index contributed by atoms with van der Waals surface area (Å²) in [6, 6.07) is 3.82. The molecule has 4 atom stereocenters. The lowest BCUT2D eigenvalue weighted by Crippen LogP contribution is -2.57. The van der Waals surface area contributed by atoms with Crippen molar-refractivity contribution in [2.24, 2.45) is 5.92 Å². The summed E-state index contributed by atoms with van der Waals surface area (Å²) >= 11 is 0. The Morgan fingerprint density at radius 2 is 1.73 bits per heavy atom. The number of amides is 3. The van der Waals surface area contributed by atoms with Gasteiger partial charge in [-0.1, -0.05) is 37.8 Å². The lowest BCUT2D eigenvalue weighted by atomic mass is 9.90. The highest BCUT2D eigenvalue weighted by Crippen LogP contribution is 2.33. The number of nitrogens with zero attached hydrogens (tertiary/aromatic N) is 1. The van der Waals surface area contributed by atoms with Crippen LogP contribution in [-0.2, 0) is 35.1 Å². The van der Waals surface area contributed by atoms with Crippen LogP contribution in [0.2, 0.25) is 0 Å². The summed E-state index contributed by atoms with van der Waals surface area (Å²) in [5.74, 6) is -1.08. The maximum absolute atomic E-state index is 13.6. The number of nitrogens with one attached hydrogen (secondary N) is 3. The lowest BCUT2D eigenvalue weighted by molar-refractivity contribution is -0.134. The van der Waals surface area contributed by atoms with E-state index in [1.165, 1.54) is 12.1 Å². The molecule has 1 aliphatic carbocycles. The zero-order chi connectivity index (χ0) is 28.7. The largest absolute Gasteiger partial charge is 0.508 e. The molecule has 3 aliphatic rings. The first-order valence-corrected chi connectivity index (χ1v) is 14.3. The van der Waals surface area contributed by atoms with Crippen molar-refractivity contribution >= 4 is 23.5 Å². The van der Waals surface area contributed by atoms with E-state index in [1.54, 1.807) is 26.0 Å². The molecule has 1 saturated carbocycles. The quantitative estimate of drug-likeness (QED) is 0.258. The molecule has 1 aromatic carbocycles. The number of aromatic hydroxyl groups is 1. The molecule has 0 radical (unpaired) electrons. The van der Waals surface area contributed by atoms with Gasteiger partial charge in [0.15, 0.2) is 5.78 Å². The van der Waals surface area contributed by atoms with E-state index in [9.17, 15) is 24.3 Å². The summed E-state index contributed by atoms with van der Waals surface area (Å²) in [6.07, 6.45) is 4.88. The van der Waals surface area contributed by atoms with E-state index in [2.05, 4.69) is 16.0 Å².